The van der Waals surface area contributed by atoms with E-state index in [1.54, 1.807) is 0 Å². The zero-order valence-corrected chi connectivity index (χ0v) is 11.7. The fourth-order valence-electron chi connectivity index (χ4n) is 5.88. The molecule has 2 atom stereocenters. The lowest BCUT2D eigenvalue weighted by molar-refractivity contribution is -0.0820. The number of benzene rings is 1. The van der Waals surface area contributed by atoms with Crippen LogP contribution in [0.3, 0.4) is 0 Å². The summed E-state index contributed by atoms with van der Waals surface area (Å²) < 4.78 is 0. The van der Waals surface area contributed by atoms with Gasteiger partial charge in [-0.1, -0.05) is 37.3 Å². The van der Waals surface area contributed by atoms with Crippen molar-refractivity contribution in [1.82, 2.24) is 0 Å². The second-order valence-corrected chi connectivity index (χ2v) is 7.75. The van der Waals surface area contributed by atoms with Crippen molar-refractivity contribution in [3.8, 4) is 0 Å². The van der Waals surface area contributed by atoms with Gasteiger partial charge in [0.2, 0.25) is 0 Å². The summed E-state index contributed by atoms with van der Waals surface area (Å²) in [7, 11) is 0. The Morgan fingerprint density at radius 2 is 1.68 bits per heavy atom. The zero-order valence-electron chi connectivity index (χ0n) is 11.7. The van der Waals surface area contributed by atoms with E-state index in [0.29, 0.717) is 11.2 Å². The molecule has 1 aromatic rings. The maximum Gasteiger partial charge on any atom is 0.169 e. The molecule has 4 bridgehead atoms. The van der Waals surface area contributed by atoms with Gasteiger partial charge in [0.25, 0.3) is 0 Å². The molecule has 4 saturated carbocycles. The van der Waals surface area contributed by atoms with E-state index in [0.717, 1.165) is 36.7 Å². The van der Waals surface area contributed by atoms with Crippen molar-refractivity contribution < 1.29 is 4.79 Å². The normalized spacial score (nSPS) is 43.4. The minimum Gasteiger partial charge on any atom is -0.294 e. The third-order valence-electron chi connectivity index (χ3n) is 5.87. The first-order chi connectivity index (χ1) is 9.09. The lowest BCUT2D eigenvalue weighted by Gasteiger charge is -2.60. The van der Waals surface area contributed by atoms with Gasteiger partial charge in [-0.2, -0.15) is 0 Å². The number of Topliss-reactive ketones (excluding diaryl/α,β-unsaturated/α-hetero) is 1. The molecule has 5 rings (SSSR count). The first kappa shape index (κ1) is 11.7. The van der Waals surface area contributed by atoms with Gasteiger partial charge in [0, 0.05) is 11.0 Å². The molecule has 0 spiro atoms. The third kappa shape index (κ3) is 1.70. The van der Waals surface area contributed by atoms with E-state index in [1.807, 2.05) is 30.3 Å². The van der Waals surface area contributed by atoms with Crippen LogP contribution in [0.1, 0.15) is 55.8 Å². The summed E-state index contributed by atoms with van der Waals surface area (Å²) in [6.07, 6.45) is 7.58. The second kappa shape index (κ2) is 3.71. The molecule has 4 aliphatic carbocycles. The average molecular weight is 254 g/mol. The van der Waals surface area contributed by atoms with Gasteiger partial charge < -0.3 is 0 Å². The molecule has 0 aliphatic heterocycles. The summed E-state index contributed by atoms with van der Waals surface area (Å²) in [5.41, 5.74) is 1.38. The van der Waals surface area contributed by atoms with Crippen LogP contribution < -0.4 is 0 Å². The molecule has 0 radical (unpaired) electrons. The highest BCUT2D eigenvalue weighted by Crippen LogP contribution is 2.65. The van der Waals surface area contributed by atoms with Crippen molar-refractivity contribution in [2.75, 3.05) is 0 Å². The summed E-state index contributed by atoms with van der Waals surface area (Å²) in [6.45, 7) is 2.43. The van der Waals surface area contributed by atoms with Crippen molar-refractivity contribution in [3.63, 3.8) is 0 Å². The lowest BCUT2D eigenvalue weighted by atomic mass is 9.43. The van der Waals surface area contributed by atoms with Crippen LogP contribution in [0.15, 0.2) is 30.3 Å². The van der Waals surface area contributed by atoms with Gasteiger partial charge >= 0.3 is 0 Å². The molecule has 19 heavy (non-hydrogen) atoms. The highest BCUT2D eigenvalue weighted by Gasteiger charge is 2.58. The van der Waals surface area contributed by atoms with Gasteiger partial charge in [-0.3, -0.25) is 4.79 Å². The van der Waals surface area contributed by atoms with E-state index in [2.05, 4.69) is 6.92 Å². The monoisotopic (exact) mass is 254 g/mol. The van der Waals surface area contributed by atoms with E-state index in [1.165, 1.54) is 19.3 Å². The van der Waals surface area contributed by atoms with Crippen LogP contribution in [-0.2, 0) is 0 Å². The van der Waals surface area contributed by atoms with Gasteiger partial charge in [-0.15, -0.1) is 0 Å². The molecule has 0 aromatic heterocycles. The number of carbonyl (C=O) groups is 1. The van der Waals surface area contributed by atoms with Crippen molar-refractivity contribution in [3.05, 3.63) is 35.9 Å². The maximum absolute atomic E-state index is 13.0. The predicted molar refractivity (Wildman–Crippen MR) is 76.0 cm³/mol. The number of carbonyl (C=O) groups excluding carboxylic acids is 1. The number of hydrogen-bond donors (Lipinski definition) is 0. The molecule has 0 amide bonds. The van der Waals surface area contributed by atoms with Crippen LogP contribution >= 0.6 is 0 Å². The highest BCUT2D eigenvalue weighted by atomic mass is 16.1. The summed E-state index contributed by atoms with van der Waals surface area (Å²) in [5, 5.41) is 0. The zero-order chi connectivity index (χ0) is 13.1. The van der Waals surface area contributed by atoms with Crippen LogP contribution in [0, 0.1) is 22.7 Å². The van der Waals surface area contributed by atoms with Crippen molar-refractivity contribution in [2.24, 2.45) is 22.7 Å². The fourth-order valence-corrected chi connectivity index (χ4v) is 5.88. The number of ketones is 1. The van der Waals surface area contributed by atoms with Crippen LogP contribution in [0.5, 0.6) is 0 Å². The van der Waals surface area contributed by atoms with Crippen molar-refractivity contribution in [1.29, 1.82) is 0 Å². The molecule has 1 nitrogen and oxygen atoms in total. The summed E-state index contributed by atoms with van der Waals surface area (Å²) in [4.78, 5) is 13.0. The van der Waals surface area contributed by atoms with E-state index in [4.69, 9.17) is 0 Å². The van der Waals surface area contributed by atoms with E-state index >= 15 is 0 Å². The molecular formula is C18H22O. The Morgan fingerprint density at radius 1 is 1.05 bits per heavy atom. The van der Waals surface area contributed by atoms with Gasteiger partial charge in [-0.05, 0) is 55.8 Å². The van der Waals surface area contributed by atoms with Crippen molar-refractivity contribution >= 4 is 5.78 Å². The quantitative estimate of drug-likeness (QED) is 0.711. The molecule has 1 heteroatoms. The van der Waals surface area contributed by atoms with Crippen LogP contribution in [0.4, 0.5) is 0 Å². The van der Waals surface area contributed by atoms with E-state index in [9.17, 15) is 4.79 Å². The van der Waals surface area contributed by atoms with Gasteiger partial charge in [0.1, 0.15) is 0 Å². The Kier molecular flexibility index (Phi) is 2.29. The molecule has 4 fully saturated rings. The van der Waals surface area contributed by atoms with Crippen molar-refractivity contribution in [2.45, 2.75) is 45.4 Å². The Morgan fingerprint density at radius 3 is 2.26 bits per heavy atom. The number of hydrogen-bond acceptors (Lipinski definition) is 1. The smallest absolute Gasteiger partial charge is 0.169 e. The maximum atomic E-state index is 13.0. The van der Waals surface area contributed by atoms with Gasteiger partial charge in [-0.25, -0.2) is 0 Å². The number of rotatable bonds is 2. The van der Waals surface area contributed by atoms with Gasteiger partial charge in [0.05, 0.1) is 0 Å². The first-order valence-electron chi connectivity index (χ1n) is 7.69. The van der Waals surface area contributed by atoms with E-state index < -0.39 is 0 Å². The molecule has 1 aromatic carbocycles. The molecule has 0 heterocycles. The second-order valence-electron chi connectivity index (χ2n) is 7.75. The topological polar surface area (TPSA) is 17.1 Å². The largest absolute Gasteiger partial charge is 0.294 e. The summed E-state index contributed by atoms with van der Waals surface area (Å²) in [6, 6.07) is 10.00. The molecule has 0 N–H and O–H groups in total. The predicted octanol–water partition coefficient (Wildman–Crippen LogP) is 4.48. The molecule has 100 valence electrons. The fraction of sp³-hybridized carbons (Fsp3) is 0.611. The average Bonchev–Trinajstić information content (AvgIpc) is 2.36. The lowest BCUT2D eigenvalue weighted by Crippen LogP contribution is -2.53. The minimum atomic E-state index is -0.0137. The SMILES string of the molecule is CC12CC3CC(C1)CC(C(=O)c1ccccc1)(C3)C2. The molecule has 4 aliphatic rings. The van der Waals surface area contributed by atoms with Gasteiger partial charge in [0.15, 0.2) is 5.78 Å². The first-order valence-corrected chi connectivity index (χ1v) is 7.69. The Labute approximate surface area is 115 Å². The highest BCUT2D eigenvalue weighted by molar-refractivity contribution is 6.00. The molecule has 2 unspecified atom stereocenters. The van der Waals surface area contributed by atoms with Crippen LogP contribution in [-0.4, -0.2) is 5.78 Å². The minimum absolute atomic E-state index is 0.0137. The van der Waals surface area contributed by atoms with Crippen LogP contribution in [0.2, 0.25) is 0 Å². The Bertz CT molecular complexity index is 502. The Balaban J connectivity index is 1.72. The Hall–Kier alpha value is -1.11. The standard InChI is InChI=1S/C18H22O/c1-17-8-13-7-14(9-17)11-18(10-13,12-17)16(19)15-5-3-2-4-6-15/h2-6,13-14H,7-12H2,1H3. The summed E-state index contributed by atoms with van der Waals surface area (Å²) >= 11 is 0. The van der Waals surface area contributed by atoms with E-state index in [-0.39, 0.29) is 5.41 Å². The third-order valence-corrected chi connectivity index (χ3v) is 5.87. The summed E-state index contributed by atoms with van der Waals surface area (Å²) in [5.74, 6) is 2.08. The van der Waals surface area contributed by atoms with Crippen LogP contribution in [0.25, 0.3) is 0 Å². The molecule has 0 saturated heterocycles. The molecular weight excluding hydrogens is 232 g/mol.